The van der Waals surface area contributed by atoms with Crippen LogP contribution in [0.1, 0.15) is 17.7 Å². The van der Waals surface area contributed by atoms with Crippen molar-refractivity contribution >= 4 is 5.90 Å². The Balaban J connectivity index is 2.07. The number of hydrazone groups is 1. The van der Waals surface area contributed by atoms with E-state index >= 15 is 0 Å². The Morgan fingerprint density at radius 2 is 1.96 bits per heavy atom. The van der Waals surface area contributed by atoms with Gasteiger partial charge in [-0.15, -0.1) is 5.10 Å². The van der Waals surface area contributed by atoms with Crippen molar-refractivity contribution in [3.8, 4) is 11.1 Å². The van der Waals surface area contributed by atoms with Gasteiger partial charge < -0.3 is 4.74 Å². The molecule has 5 nitrogen and oxygen atoms in total. The highest BCUT2D eigenvalue weighted by Gasteiger charge is 2.35. The molecule has 2 aromatic rings. The van der Waals surface area contributed by atoms with Gasteiger partial charge in [-0.3, -0.25) is 5.43 Å². The summed E-state index contributed by atoms with van der Waals surface area (Å²) in [5.41, 5.74) is 1.20. The third-order valence-electron chi connectivity index (χ3n) is 3.17. The third kappa shape index (κ3) is 3.07. The molecule has 0 fully saturated rings. The molecule has 24 heavy (non-hydrogen) atoms. The summed E-state index contributed by atoms with van der Waals surface area (Å²) >= 11 is 0. The lowest BCUT2D eigenvalue weighted by atomic mass is 9.99. The zero-order valence-corrected chi connectivity index (χ0v) is 11.8. The van der Waals surface area contributed by atoms with Crippen LogP contribution in [0, 0.1) is 0 Å². The van der Waals surface area contributed by atoms with Gasteiger partial charge in [0.25, 0.3) is 0 Å². The lowest BCUT2D eigenvalue weighted by Crippen LogP contribution is -2.15. The smallest absolute Gasteiger partial charge is 0.417 e. The second kappa shape index (κ2) is 5.95. The zero-order chi connectivity index (χ0) is 17.3. The van der Waals surface area contributed by atoms with E-state index in [0.717, 1.165) is 24.5 Å². The van der Waals surface area contributed by atoms with Gasteiger partial charge in [-0.25, -0.2) is 4.68 Å². The minimum absolute atomic E-state index is 0.0437. The molecule has 126 valence electrons. The van der Waals surface area contributed by atoms with Gasteiger partial charge in [0.1, 0.15) is 6.26 Å². The van der Waals surface area contributed by atoms with Gasteiger partial charge in [0.05, 0.1) is 18.0 Å². The lowest BCUT2D eigenvalue weighted by molar-refractivity contribution is -0.137. The third-order valence-corrected chi connectivity index (χ3v) is 3.17. The van der Waals surface area contributed by atoms with E-state index < -0.39 is 18.3 Å². The molecule has 0 atom stereocenters. The molecular formula is C14H9F5N4O. The van der Waals surface area contributed by atoms with Crippen LogP contribution in [0.25, 0.3) is 11.1 Å². The maximum atomic E-state index is 13.4. The number of nitrogens with zero attached hydrogens (tertiary/aromatic N) is 3. The molecule has 0 amide bonds. The van der Waals surface area contributed by atoms with Crippen molar-refractivity contribution in [3.63, 3.8) is 0 Å². The minimum atomic E-state index is -4.70. The molecule has 0 saturated carbocycles. The summed E-state index contributed by atoms with van der Waals surface area (Å²) in [6, 6.07) is 3.36. The van der Waals surface area contributed by atoms with E-state index in [1.807, 2.05) is 0 Å². The van der Waals surface area contributed by atoms with E-state index in [9.17, 15) is 22.0 Å². The van der Waals surface area contributed by atoms with Crippen LogP contribution in [0.2, 0.25) is 0 Å². The van der Waals surface area contributed by atoms with Crippen molar-refractivity contribution in [1.82, 2.24) is 15.2 Å². The van der Waals surface area contributed by atoms with E-state index in [4.69, 9.17) is 4.74 Å². The van der Waals surface area contributed by atoms with Crippen molar-refractivity contribution in [2.24, 2.45) is 5.10 Å². The summed E-state index contributed by atoms with van der Waals surface area (Å²) in [6.07, 6.45) is -0.294. The Labute approximate surface area is 132 Å². The van der Waals surface area contributed by atoms with Crippen LogP contribution in [0.5, 0.6) is 0 Å². The highest BCUT2D eigenvalue weighted by atomic mass is 19.4. The first kappa shape index (κ1) is 16.0. The Hall–Kier alpha value is -2.91. The minimum Gasteiger partial charge on any atom is -0.443 e. The van der Waals surface area contributed by atoms with E-state index in [1.54, 1.807) is 0 Å². The van der Waals surface area contributed by atoms with Crippen LogP contribution in [0.3, 0.4) is 0 Å². The number of rotatable bonds is 3. The number of hydrogen-bond donors (Lipinski definition) is 1. The van der Waals surface area contributed by atoms with Crippen LogP contribution in [0.4, 0.5) is 22.0 Å². The Morgan fingerprint density at radius 3 is 2.54 bits per heavy atom. The number of halogens is 5. The monoisotopic (exact) mass is 344 g/mol. The molecule has 1 N–H and O–H groups in total. The number of nitrogens with one attached hydrogen (secondary N) is 1. The SMILES string of the molecule is FC(F)n1cc(-c2ccc(C3=NNC=CO3)cc2C(F)(F)F)cn1. The highest BCUT2D eigenvalue weighted by Crippen LogP contribution is 2.38. The molecule has 10 heteroatoms. The number of benzene rings is 1. The van der Waals surface area contributed by atoms with Crippen LogP contribution >= 0.6 is 0 Å². The van der Waals surface area contributed by atoms with Gasteiger partial charge in [0.15, 0.2) is 0 Å². The largest absolute Gasteiger partial charge is 0.443 e. The zero-order valence-electron chi connectivity index (χ0n) is 11.8. The predicted octanol–water partition coefficient (Wildman–Crippen LogP) is 3.72. The summed E-state index contributed by atoms with van der Waals surface area (Å²) < 4.78 is 70.5. The summed E-state index contributed by atoms with van der Waals surface area (Å²) in [6.45, 7) is -2.93. The Morgan fingerprint density at radius 1 is 1.17 bits per heavy atom. The molecule has 1 aromatic carbocycles. The van der Waals surface area contributed by atoms with Crippen LogP contribution in [-0.4, -0.2) is 15.7 Å². The molecule has 1 aliphatic rings. The standard InChI is InChI=1S/C14H9F5N4O/c15-13(16)23-7-9(6-21-23)10-2-1-8(5-11(10)14(17,18)19)12-22-20-3-4-24-12/h1-7,13,20H. The molecule has 0 unspecified atom stereocenters. The molecule has 0 saturated heterocycles. The average Bonchev–Trinajstić information content (AvgIpc) is 3.04. The second-order valence-corrected chi connectivity index (χ2v) is 4.71. The van der Waals surface area contributed by atoms with Gasteiger partial charge >= 0.3 is 12.7 Å². The number of aromatic nitrogens is 2. The van der Waals surface area contributed by atoms with Crippen molar-refractivity contribution in [1.29, 1.82) is 0 Å². The molecule has 0 spiro atoms. The van der Waals surface area contributed by atoms with Gasteiger partial charge in [-0.05, 0) is 17.7 Å². The van der Waals surface area contributed by atoms with Crippen molar-refractivity contribution < 1.29 is 26.7 Å². The van der Waals surface area contributed by atoms with Gasteiger partial charge in [-0.2, -0.15) is 27.1 Å². The summed E-state index contributed by atoms with van der Waals surface area (Å²) in [5, 5.41) is 7.09. The normalized spacial score (nSPS) is 14.3. The van der Waals surface area contributed by atoms with E-state index in [0.29, 0.717) is 0 Å². The fraction of sp³-hybridized carbons (Fsp3) is 0.143. The van der Waals surface area contributed by atoms with Gasteiger partial charge in [-0.1, -0.05) is 6.07 Å². The Kier molecular flexibility index (Phi) is 3.96. The van der Waals surface area contributed by atoms with E-state index in [-0.39, 0.29) is 27.3 Å². The Bertz CT molecular complexity index is 810. The summed E-state index contributed by atoms with van der Waals surface area (Å²) in [7, 11) is 0. The molecule has 1 aromatic heterocycles. The predicted molar refractivity (Wildman–Crippen MR) is 73.8 cm³/mol. The molecule has 2 heterocycles. The van der Waals surface area contributed by atoms with Gasteiger partial charge in [0, 0.05) is 17.3 Å². The van der Waals surface area contributed by atoms with Crippen molar-refractivity contribution in [2.45, 2.75) is 12.7 Å². The average molecular weight is 344 g/mol. The van der Waals surface area contributed by atoms with Crippen LogP contribution in [-0.2, 0) is 10.9 Å². The maximum Gasteiger partial charge on any atom is 0.417 e. The first-order valence-electron chi connectivity index (χ1n) is 6.55. The topological polar surface area (TPSA) is 51.4 Å². The molecule has 0 radical (unpaired) electrons. The molecular weight excluding hydrogens is 335 g/mol. The number of hydrogen-bond acceptors (Lipinski definition) is 4. The summed E-state index contributed by atoms with van der Waals surface area (Å²) in [5.74, 6) is -0.0437. The number of alkyl halides is 5. The summed E-state index contributed by atoms with van der Waals surface area (Å²) in [4.78, 5) is 0. The quantitative estimate of drug-likeness (QED) is 0.864. The van der Waals surface area contributed by atoms with Crippen LogP contribution < -0.4 is 5.43 Å². The van der Waals surface area contributed by atoms with Crippen molar-refractivity contribution in [3.05, 3.63) is 54.2 Å². The number of ether oxygens (including phenoxy) is 1. The molecule has 0 bridgehead atoms. The van der Waals surface area contributed by atoms with Gasteiger partial charge in [0.2, 0.25) is 5.90 Å². The molecule has 3 rings (SSSR count). The fourth-order valence-electron chi connectivity index (χ4n) is 2.13. The maximum absolute atomic E-state index is 13.4. The highest BCUT2D eigenvalue weighted by molar-refractivity contribution is 5.95. The molecule has 1 aliphatic heterocycles. The van der Waals surface area contributed by atoms with Crippen molar-refractivity contribution in [2.75, 3.05) is 0 Å². The first-order valence-corrected chi connectivity index (χ1v) is 6.55. The molecule has 0 aliphatic carbocycles. The lowest BCUT2D eigenvalue weighted by Gasteiger charge is -2.15. The van der Waals surface area contributed by atoms with Crippen LogP contribution in [0.15, 0.2) is 48.2 Å². The van der Waals surface area contributed by atoms with E-state index in [2.05, 4.69) is 15.6 Å². The fourth-order valence-corrected chi connectivity index (χ4v) is 2.13. The second-order valence-electron chi connectivity index (χ2n) is 4.71. The van der Waals surface area contributed by atoms with E-state index in [1.165, 1.54) is 18.5 Å². The first-order chi connectivity index (χ1) is 11.4.